The zero-order valence-corrected chi connectivity index (χ0v) is 14.9. The molecule has 2 aliphatic heterocycles. The number of nitrogens with one attached hydrogen (secondary N) is 1. The number of nitrogens with zero attached hydrogens (tertiary/aromatic N) is 5. The Balaban J connectivity index is 1.63. The van der Waals surface area contributed by atoms with Gasteiger partial charge in [-0.25, -0.2) is 4.99 Å². The molecular formula is C17H25F3N6. The van der Waals surface area contributed by atoms with Crippen LogP contribution in [0.15, 0.2) is 22.4 Å². The van der Waals surface area contributed by atoms with Gasteiger partial charge in [0.05, 0.1) is 24.5 Å². The maximum atomic E-state index is 12.8. The lowest BCUT2D eigenvalue weighted by Crippen LogP contribution is -2.47. The third-order valence-corrected chi connectivity index (χ3v) is 5.09. The summed E-state index contributed by atoms with van der Waals surface area (Å²) >= 11 is 0. The molecule has 26 heavy (non-hydrogen) atoms. The number of fused-ring (bicyclic) bond motifs is 2. The molecule has 1 N–H and O–H groups in total. The Labute approximate surface area is 151 Å². The summed E-state index contributed by atoms with van der Waals surface area (Å²) in [5, 5.41) is 7.48. The fraction of sp³-hybridized carbons (Fsp3) is 0.706. The second-order valence-electron chi connectivity index (χ2n) is 7.00. The second kappa shape index (κ2) is 7.77. The molecule has 0 radical (unpaired) electrons. The summed E-state index contributed by atoms with van der Waals surface area (Å²) in [4.78, 5) is 9.78. The van der Waals surface area contributed by atoms with Gasteiger partial charge in [0.1, 0.15) is 0 Å². The van der Waals surface area contributed by atoms with Crippen molar-refractivity contribution in [3.8, 4) is 0 Å². The van der Waals surface area contributed by atoms with E-state index in [9.17, 15) is 13.2 Å². The standard InChI is InChI=1S/C17H25F3N6/c1-3-6-22-16(21-2)24-12-9-23-26(10-12)15-7-13-4-5-14(8-15)25(13)11-17(18,19)20/h9-10,13-15H,2-8,11H2,1H3,(H,22,24). The van der Waals surface area contributed by atoms with Crippen LogP contribution in [0.4, 0.5) is 18.9 Å². The van der Waals surface area contributed by atoms with Crippen molar-refractivity contribution in [3.63, 3.8) is 0 Å². The Morgan fingerprint density at radius 1 is 1.31 bits per heavy atom. The monoisotopic (exact) mass is 370 g/mol. The smallest absolute Gasteiger partial charge is 0.322 e. The van der Waals surface area contributed by atoms with Crippen LogP contribution in [-0.4, -0.2) is 58.7 Å². The van der Waals surface area contributed by atoms with E-state index in [0.717, 1.165) is 24.9 Å². The van der Waals surface area contributed by atoms with E-state index in [0.29, 0.717) is 25.3 Å². The van der Waals surface area contributed by atoms with E-state index in [-0.39, 0.29) is 18.1 Å². The van der Waals surface area contributed by atoms with Gasteiger partial charge in [0.25, 0.3) is 0 Å². The molecule has 2 unspecified atom stereocenters. The zero-order chi connectivity index (χ0) is 18.7. The van der Waals surface area contributed by atoms with Gasteiger partial charge in [-0.2, -0.15) is 18.3 Å². The van der Waals surface area contributed by atoms with Crippen molar-refractivity contribution in [1.29, 1.82) is 0 Å². The largest absolute Gasteiger partial charge is 0.401 e. The van der Waals surface area contributed by atoms with E-state index in [1.54, 1.807) is 11.1 Å². The van der Waals surface area contributed by atoms with E-state index < -0.39 is 12.7 Å². The highest BCUT2D eigenvalue weighted by molar-refractivity contribution is 5.96. The van der Waals surface area contributed by atoms with E-state index in [2.05, 4.69) is 27.1 Å². The zero-order valence-electron chi connectivity index (χ0n) is 14.9. The third kappa shape index (κ3) is 4.44. The highest BCUT2D eigenvalue weighted by atomic mass is 19.4. The highest BCUT2D eigenvalue weighted by Gasteiger charge is 2.45. The molecule has 0 amide bonds. The van der Waals surface area contributed by atoms with Crippen molar-refractivity contribution < 1.29 is 13.2 Å². The number of piperidine rings is 1. The molecule has 1 aromatic rings. The lowest BCUT2D eigenvalue weighted by molar-refractivity contribution is -0.156. The highest BCUT2D eigenvalue weighted by Crippen LogP contribution is 2.42. The molecular weight excluding hydrogens is 345 g/mol. The van der Waals surface area contributed by atoms with Gasteiger partial charge in [0, 0.05) is 24.8 Å². The van der Waals surface area contributed by atoms with Gasteiger partial charge in [-0.1, -0.05) is 6.92 Å². The van der Waals surface area contributed by atoms with Crippen LogP contribution in [0, 0.1) is 0 Å². The minimum absolute atomic E-state index is 0.0162. The molecule has 144 valence electrons. The summed E-state index contributed by atoms with van der Waals surface area (Å²) in [6.45, 7) is 5.39. The van der Waals surface area contributed by atoms with E-state index in [1.807, 2.05) is 17.8 Å². The summed E-state index contributed by atoms with van der Waals surface area (Å²) in [6.07, 6.45) is 3.40. The first-order valence-corrected chi connectivity index (χ1v) is 9.04. The van der Waals surface area contributed by atoms with Crippen LogP contribution in [0.5, 0.6) is 0 Å². The Morgan fingerprint density at radius 3 is 2.58 bits per heavy atom. The normalized spacial score (nSPS) is 26.9. The Bertz CT molecular complexity index is 639. The molecule has 2 fully saturated rings. The SMILES string of the molecule is C=NC(=NCCC)Nc1cnn(C2CC3CCC(C2)N3CC(F)(F)F)c1. The number of halogens is 3. The molecule has 3 rings (SSSR count). The first kappa shape index (κ1) is 18.9. The lowest BCUT2D eigenvalue weighted by Gasteiger charge is -2.39. The second-order valence-corrected chi connectivity index (χ2v) is 7.00. The summed E-state index contributed by atoms with van der Waals surface area (Å²) in [7, 11) is 0. The molecule has 6 nitrogen and oxygen atoms in total. The molecule has 0 aliphatic carbocycles. The van der Waals surface area contributed by atoms with Gasteiger partial charge in [-0.3, -0.25) is 14.6 Å². The van der Waals surface area contributed by atoms with Gasteiger partial charge in [-0.05, 0) is 38.8 Å². The van der Waals surface area contributed by atoms with Gasteiger partial charge in [0.15, 0.2) is 0 Å². The van der Waals surface area contributed by atoms with Crippen LogP contribution in [0.2, 0.25) is 0 Å². The quantitative estimate of drug-likeness (QED) is 0.638. The fourth-order valence-electron chi connectivity index (χ4n) is 4.00. The predicted octanol–water partition coefficient (Wildman–Crippen LogP) is 3.49. The van der Waals surface area contributed by atoms with Crippen molar-refractivity contribution in [2.24, 2.45) is 9.98 Å². The molecule has 2 bridgehead atoms. The number of hydrogen-bond donors (Lipinski definition) is 1. The first-order valence-electron chi connectivity index (χ1n) is 9.04. The Hall–Kier alpha value is -1.90. The van der Waals surface area contributed by atoms with Gasteiger partial charge < -0.3 is 5.32 Å². The number of anilines is 1. The maximum Gasteiger partial charge on any atom is 0.401 e. The van der Waals surface area contributed by atoms with Gasteiger partial charge in [-0.15, -0.1) is 0 Å². The molecule has 2 aliphatic rings. The average Bonchev–Trinajstić information content (AvgIpc) is 3.11. The van der Waals surface area contributed by atoms with Crippen LogP contribution in [-0.2, 0) is 0 Å². The number of aromatic nitrogens is 2. The number of guanidine groups is 1. The molecule has 2 saturated heterocycles. The molecule has 3 heterocycles. The van der Waals surface area contributed by atoms with Crippen molar-refractivity contribution >= 4 is 18.4 Å². The summed E-state index contributed by atoms with van der Waals surface area (Å²) in [6, 6.07) is 0.0928. The first-order chi connectivity index (χ1) is 12.4. The van der Waals surface area contributed by atoms with E-state index >= 15 is 0 Å². The van der Waals surface area contributed by atoms with Crippen LogP contribution in [0.1, 0.15) is 45.1 Å². The van der Waals surface area contributed by atoms with Gasteiger partial charge in [0.2, 0.25) is 5.96 Å². The number of alkyl halides is 3. The molecule has 0 spiro atoms. The number of hydrogen-bond acceptors (Lipinski definition) is 3. The minimum Gasteiger partial charge on any atom is -0.322 e. The van der Waals surface area contributed by atoms with E-state index in [1.165, 1.54) is 0 Å². The topological polar surface area (TPSA) is 57.8 Å². The van der Waals surface area contributed by atoms with Crippen LogP contribution >= 0.6 is 0 Å². The van der Waals surface area contributed by atoms with Crippen molar-refractivity contribution in [2.45, 2.75) is 63.3 Å². The van der Waals surface area contributed by atoms with Crippen molar-refractivity contribution in [1.82, 2.24) is 14.7 Å². The molecule has 0 saturated carbocycles. The molecule has 2 atom stereocenters. The fourth-order valence-corrected chi connectivity index (χ4v) is 4.00. The third-order valence-electron chi connectivity index (χ3n) is 5.09. The lowest BCUT2D eigenvalue weighted by atomic mass is 9.97. The summed E-state index contributed by atoms with van der Waals surface area (Å²) in [5.74, 6) is 0.450. The molecule has 9 heteroatoms. The number of aliphatic imine (C=N–C) groups is 2. The maximum absolute atomic E-state index is 12.8. The molecule has 1 aromatic heterocycles. The molecule has 0 aromatic carbocycles. The Morgan fingerprint density at radius 2 is 2.00 bits per heavy atom. The Kier molecular flexibility index (Phi) is 5.64. The van der Waals surface area contributed by atoms with Crippen molar-refractivity contribution in [2.75, 3.05) is 18.4 Å². The number of rotatable bonds is 5. The van der Waals surface area contributed by atoms with E-state index in [4.69, 9.17) is 0 Å². The average molecular weight is 370 g/mol. The van der Waals surface area contributed by atoms with Crippen LogP contribution in [0.25, 0.3) is 0 Å². The van der Waals surface area contributed by atoms with Crippen molar-refractivity contribution in [3.05, 3.63) is 12.4 Å². The van der Waals surface area contributed by atoms with Crippen LogP contribution in [0.3, 0.4) is 0 Å². The van der Waals surface area contributed by atoms with Crippen LogP contribution < -0.4 is 5.32 Å². The van der Waals surface area contributed by atoms with Gasteiger partial charge >= 0.3 is 6.18 Å². The summed E-state index contributed by atoms with van der Waals surface area (Å²) in [5.41, 5.74) is 0.761. The predicted molar refractivity (Wildman–Crippen MR) is 95.8 cm³/mol. The minimum atomic E-state index is -4.14. The summed E-state index contributed by atoms with van der Waals surface area (Å²) < 4.78 is 40.2.